The lowest BCUT2D eigenvalue weighted by molar-refractivity contribution is -0.119. The third-order valence-corrected chi connectivity index (χ3v) is 4.94. The second-order valence-corrected chi connectivity index (χ2v) is 7.58. The van der Waals surface area contributed by atoms with Crippen LogP contribution in [0.5, 0.6) is 5.75 Å². The summed E-state index contributed by atoms with van der Waals surface area (Å²) in [6.07, 6.45) is 1.08. The van der Waals surface area contributed by atoms with E-state index in [0.29, 0.717) is 23.6 Å². The number of nitrogens with one attached hydrogen (secondary N) is 1. The van der Waals surface area contributed by atoms with Gasteiger partial charge in [-0.05, 0) is 36.8 Å². The molecular weight excluding hydrogens is 340 g/mol. The molecular formula is C18H22N2O4S. The molecule has 134 valence electrons. The summed E-state index contributed by atoms with van der Waals surface area (Å²) in [6, 6.07) is 14.8. The number of likely N-dealkylation sites (N-methyl/N-ethyl adjacent to an activating group) is 1. The van der Waals surface area contributed by atoms with Crippen molar-refractivity contribution in [2.75, 3.05) is 25.2 Å². The number of ether oxygens (including phenoxy) is 1. The minimum absolute atomic E-state index is 0.428. The predicted molar refractivity (Wildman–Crippen MR) is 98.0 cm³/mol. The zero-order chi connectivity index (χ0) is 18.4. The lowest BCUT2D eigenvalue weighted by Crippen LogP contribution is -2.38. The van der Waals surface area contributed by atoms with Crippen LogP contribution >= 0.6 is 0 Å². The summed E-state index contributed by atoms with van der Waals surface area (Å²) in [5.74, 6) is 0.275. The summed E-state index contributed by atoms with van der Waals surface area (Å²) in [4.78, 5) is 12.8. The van der Waals surface area contributed by atoms with Crippen molar-refractivity contribution in [3.8, 4) is 5.75 Å². The molecule has 25 heavy (non-hydrogen) atoms. The van der Waals surface area contributed by atoms with Crippen molar-refractivity contribution in [1.82, 2.24) is 4.31 Å². The maximum absolute atomic E-state index is 12.8. The second-order valence-electron chi connectivity index (χ2n) is 5.54. The first kappa shape index (κ1) is 19.0. The maximum Gasteiger partial charge on any atom is 0.247 e. The number of sulfonamides is 1. The highest BCUT2D eigenvalue weighted by Crippen LogP contribution is 2.24. The normalized spacial score (nSPS) is 12.6. The molecule has 6 nitrogen and oxygen atoms in total. The number of rotatable bonds is 7. The molecule has 0 aliphatic carbocycles. The number of hydrogen-bond acceptors (Lipinski definition) is 4. The van der Waals surface area contributed by atoms with Crippen molar-refractivity contribution >= 4 is 21.6 Å². The number of hydrogen-bond donors (Lipinski definition) is 1. The van der Waals surface area contributed by atoms with E-state index in [0.717, 1.165) is 10.6 Å². The second kappa shape index (κ2) is 8.13. The van der Waals surface area contributed by atoms with Gasteiger partial charge in [-0.3, -0.25) is 4.79 Å². The number of carbonyl (C=O) groups is 1. The number of amides is 1. The summed E-state index contributed by atoms with van der Waals surface area (Å²) in [6.45, 7) is 2.45. The molecule has 0 fully saturated rings. The molecule has 2 rings (SSSR count). The SMILES string of the molecule is CCOc1ccc(NC(=O)C(c2ccccc2)N(C)S(C)(=O)=O)cc1. The molecule has 1 amide bonds. The predicted octanol–water partition coefficient (Wildman–Crippen LogP) is 2.66. The lowest BCUT2D eigenvalue weighted by atomic mass is 10.1. The van der Waals surface area contributed by atoms with E-state index in [1.807, 2.05) is 13.0 Å². The minimum Gasteiger partial charge on any atom is -0.494 e. The Hall–Kier alpha value is -2.38. The van der Waals surface area contributed by atoms with Crippen LogP contribution in [-0.2, 0) is 14.8 Å². The number of benzene rings is 2. The molecule has 0 saturated heterocycles. The Morgan fingerprint density at radius 3 is 2.24 bits per heavy atom. The third-order valence-electron chi connectivity index (χ3n) is 3.68. The molecule has 0 bridgehead atoms. The first-order valence-corrected chi connectivity index (χ1v) is 9.69. The summed E-state index contributed by atoms with van der Waals surface area (Å²) in [5.41, 5.74) is 1.16. The molecule has 0 saturated carbocycles. The van der Waals surface area contributed by atoms with Crippen molar-refractivity contribution < 1.29 is 17.9 Å². The van der Waals surface area contributed by atoms with Crippen LogP contribution in [0.2, 0.25) is 0 Å². The van der Waals surface area contributed by atoms with E-state index in [1.165, 1.54) is 7.05 Å². The number of carbonyl (C=O) groups excluding carboxylic acids is 1. The van der Waals surface area contributed by atoms with Crippen LogP contribution < -0.4 is 10.1 Å². The van der Waals surface area contributed by atoms with Crippen LogP contribution in [-0.4, -0.2) is 38.5 Å². The van der Waals surface area contributed by atoms with Crippen LogP contribution in [0, 0.1) is 0 Å². The van der Waals surface area contributed by atoms with Crippen molar-refractivity contribution in [3.05, 3.63) is 60.2 Å². The highest BCUT2D eigenvalue weighted by Gasteiger charge is 2.30. The molecule has 0 spiro atoms. The summed E-state index contributed by atoms with van der Waals surface area (Å²) < 4.78 is 30.3. The van der Waals surface area contributed by atoms with E-state index in [1.54, 1.807) is 48.5 Å². The van der Waals surface area contributed by atoms with Crippen molar-refractivity contribution in [2.24, 2.45) is 0 Å². The average molecular weight is 362 g/mol. The fourth-order valence-electron chi connectivity index (χ4n) is 2.37. The minimum atomic E-state index is -3.55. The molecule has 2 aromatic carbocycles. The fourth-order valence-corrected chi connectivity index (χ4v) is 2.97. The zero-order valence-electron chi connectivity index (χ0n) is 14.5. The molecule has 1 N–H and O–H groups in total. The van der Waals surface area contributed by atoms with E-state index in [9.17, 15) is 13.2 Å². The first-order chi connectivity index (χ1) is 11.8. The summed E-state index contributed by atoms with van der Waals surface area (Å²) in [7, 11) is -2.16. The van der Waals surface area contributed by atoms with Gasteiger partial charge in [0.1, 0.15) is 11.8 Å². The lowest BCUT2D eigenvalue weighted by Gasteiger charge is -2.25. The molecule has 2 aromatic rings. The van der Waals surface area contributed by atoms with Gasteiger partial charge in [0.25, 0.3) is 0 Å². The molecule has 1 unspecified atom stereocenters. The van der Waals surface area contributed by atoms with Crippen LogP contribution in [0.4, 0.5) is 5.69 Å². The molecule has 1 atom stereocenters. The number of nitrogens with zero attached hydrogens (tertiary/aromatic N) is 1. The average Bonchev–Trinajstić information content (AvgIpc) is 2.57. The highest BCUT2D eigenvalue weighted by molar-refractivity contribution is 7.88. The van der Waals surface area contributed by atoms with Crippen LogP contribution in [0.3, 0.4) is 0 Å². The van der Waals surface area contributed by atoms with Gasteiger partial charge in [0.05, 0.1) is 12.9 Å². The van der Waals surface area contributed by atoms with E-state index in [4.69, 9.17) is 4.74 Å². The van der Waals surface area contributed by atoms with Gasteiger partial charge in [-0.1, -0.05) is 30.3 Å². The summed E-state index contributed by atoms with van der Waals surface area (Å²) >= 11 is 0. The van der Waals surface area contributed by atoms with Crippen LogP contribution in [0.25, 0.3) is 0 Å². The standard InChI is InChI=1S/C18H22N2O4S/c1-4-24-16-12-10-15(11-13-16)19-18(21)17(20(2)25(3,22)23)14-8-6-5-7-9-14/h5-13,17H,4H2,1-3H3,(H,19,21). The van der Waals surface area contributed by atoms with Gasteiger partial charge in [0, 0.05) is 12.7 Å². The van der Waals surface area contributed by atoms with Crippen molar-refractivity contribution in [3.63, 3.8) is 0 Å². The first-order valence-electron chi connectivity index (χ1n) is 7.84. The van der Waals surface area contributed by atoms with Crippen LogP contribution in [0.1, 0.15) is 18.5 Å². The van der Waals surface area contributed by atoms with Gasteiger partial charge in [0.2, 0.25) is 15.9 Å². The van der Waals surface area contributed by atoms with Crippen molar-refractivity contribution in [1.29, 1.82) is 0 Å². The Kier molecular flexibility index (Phi) is 6.17. The van der Waals surface area contributed by atoms with Gasteiger partial charge >= 0.3 is 0 Å². The van der Waals surface area contributed by atoms with Gasteiger partial charge in [-0.25, -0.2) is 8.42 Å². The number of anilines is 1. The molecule has 0 aliphatic heterocycles. The largest absolute Gasteiger partial charge is 0.494 e. The van der Waals surface area contributed by atoms with E-state index in [2.05, 4.69) is 5.32 Å². The summed E-state index contributed by atoms with van der Waals surface area (Å²) in [5, 5.41) is 2.76. The Morgan fingerprint density at radius 1 is 1.12 bits per heavy atom. The highest BCUT2D eigenvalue weighted by atomic mass is 32.2. The fraction of sp³-hybridized carbons (Fsp3) is 0.278. The molecule has 0 aliphatic rings. The van der Waals surface area contributed by atoms with E-state index >= 15 is 0 Å². The topological polar surface area (TPSA) is 75.7 Å². The molecule has 0 heterocycles. The molecule has 0 radical (unpaired) electrons. The molecule has 0 aromatic heterocycles. The Bertz CT molecular complexity index is 805. The quantitative estimate of drug-likeness (QED) is 0.822. The van der Waals surface area contributed by atoms with Gasteiger partial charge in [-0.2, -0.15) is 4.31 Å². The maximum atomic E-state index is 12.8. The van der Waals surface area contributed by atoms with Crippen molar-refractivity contribution in [2.45, 2.75) is 13.0 Å². The molecule has 7 heteroatoms. The van der Waals surface area contributed by atoms with Gasteiger partial charge < -0.3 is 10.1 Å². The Labute approximate surface area is 148 Å². The van der Waals surface area contributed by atoms with E-state index in [-0.39, 0.29) is 0 Å². The smallest absolute Gasteiger partial charge is 0.247 e. The van der Waals surface area contributed by atoms with Gasteiger partial charge in [-0.15, -0.1) is 0 Å². The monoisotopic (exact) mass is 362 g/mol. The van der Waals surface area contributed by atoms with Gasteiger partial charge in [0.15, 0.2) is 0 Å². The Morgan fingerprint density at radius 2 is 1.72 bits per heavy atom. The zero-order valence-corrected chi connectivity index (χ0v) is 15.3. The van der Waals surface area contributed by atoms with Crippen LogP contribution in [0.15, 0.2) is 54.6 Å². The van der Waals surface area contributed by atoms with E-state index < -0.39 is 22.0 Å². The Balaban J connectivity index is 2.26. The third kappa shape index (κ3) is 5.04.